The highest BCUT2D eigenvalue weighted by molar-refractivity contribution is 6.43. The molecule has 0 unspecified atom stereocenters. The molecule has 0 saturated carbocycles. The van der Waals surface area contributed by atoms with Crippen molar-refractivity contribution in [1.82, 2.24) is 4.90 Å². The zero-order valence-corrected chi connectivity index (χ0v) is 12.0. The molecule has 0 radical (unpaired) electrons. The third kappa shape index (κ3) is 2.96. The number of benzene rings is 1. The van der Waals surface area contributed by atoms with Gasteiger partial charge in [0.2, 0.25) is 0 Å². The summed E-state index contributed by atoms with van der Waals surface area (Å²) in [4.78, 5) is 14.0. The Morgan fingerprint density at radius 2 is 2.26 bits per heavy atom. The number of phenolic OH excluding ortho intramolecular Hbond substituents is 1. The highest BCUT2D eigenvalue weighted by Crippen LogP contribution is 2.34. The van der Waals surface area contributed by atoms with Crippen LogP contribution < -0.4 is 0 Å². The fourth-order valence-corrected chi connectivity index (χ4v) is 2.35. The summed E-state index contributed by atoms with van der Waals surface area (Å²) in [6, 6.07) is 3.00. The number of aromatic hydroxyl groups is 1. The summed E-state index contributed by atoms with van der Waals surface area (Å²) in [6.07, 6.45) is 0.888. The molecule has 0 spiro atoms. The van der Waals surface area contributed by atoms with Crippen LogP contribution in [0, 0.1) is 0 Å². The number of nitrogens with zero attached hydrogens (tertiary/aromatic N) is 1. The quantitative estimate of drug-likeness (QED) is 0.914. The van der Waals surface area contributed by atoms with Gasteiger partial charge in [-0.3, -0.25) is 4.79 Å². The molecule has 1 fully saturated rings. The first-order valence-electron chi connectivity index (χ1n) is 6.12. The lowest BCUT2D eigenvalue weighted by Gasteiger charge is -2.32. The van der Waals surface area contributed by atoms with Crippen molar-refractivity contribution in [2.24, 2.45) is 0 Å². The minimum Gasteiger partial charge on any atom is -0.505 e. The number of phenols is 1. The molecule has 1 aliphatic rings. The number of amides is 1. The Balaban J connectivity index is 2.22. The third-order valence-electron chi connectivity index (χ3n) is 3.18. The van der Waals surface area contributed by atoms with Gasteiger partial charge in [-0.2, -0.15) is 0 Å². The van der Waals surface area contributed by atoms with Gasteiger partial charge in [0.1, 0.15) is 10.8 Å². The van der Waals surface area contributed by atoms with Crippen LogP contribution in [0.25, 0.3) is 0 Å². The summed E-state index contributed by atoms with van der Waals surface area (Å²) < 4.78 is 5.51. The van der Waals surface area contributed by atoms with Crippen LogP contribution in [0.5, 0.6) is 5.75 Å². The Hall–Kier alpha value is -0.970. The number of carbonyl (C=O) groups excluding carboxylic acids is 1. The monoisotopic (exact) mass is 303 g/mol. The molecule has 1 atom stereocenters. The van der Waals surface area contributed by atoms with E-state index < -0.39 is 0 Å². The van der Waals surface area contributed by atoms with E-state index in [0.29, 0.717) is 19.7 Å². The molecule has 104 valence electrons. The van der Waals surface area contributed by atoms with Crippen molar-refractivity contribution in [2.45, 2.75) is 19.4 Å². The molecule has 4 nitrogen and oxygen atoms in total. The van der Waals surface area contributed by atoms with Crippen LogP contribution in [0.2, 0.25) is 10.0 Å². The number of halogens is 2. The second-order valence-electron chi connectivity index (χ2n) is 4.41. The van der Waals surface area contributed by atoms with Crippen LogP contribution in [0.15, 0.2) is 12.1 Å². The maximum absolute atomic E-state index is 12.4. The molecule has 0 bridgehead atoms. The molecule has 1 amide bonds. The predicted octanol–water partition coefficient (Wildman–Crippen LogP) is 2.95. The van der Waals surface area contributed by atoms with E-state index in [0.717, 1.165) is 6.42 Å². The first-order valence-corrected chi connectivity index (χ1v) is 6.88. The van der Waals surface area contributed by atoms with Gasteiger partial charge in [0.25, 0.3) is 5.91 Å². The highest BCUT2D eigenvalue weighted by atomic mass is 35.5. The van der Waals surface area contributed by atoms with Crippen molar-refractivity contribution in [1.29, 1.82) is 0 Å². The highest BCUT2D eigenvalue weighted by Gasteiger charge is 2.26. The summed E-state index contributed by atoms with van der Waals surface area (Å²) in [5.41, 5.74) is 0.172. The normalized spacial score (nSPS) is 19.5. The van der Waals surface area contributed by atoms with Crippen molar-refractivity contribution >= 4 is 29.1 Å². The van der Waals surface area contributed by atoms with Crippen LogP contribution >= 0.6 is 23.2 Å². The number of morpholine rings is 1. The maximum atomic E-state index is 12.4. The van der Waals surface area contributed by atoms with Crippen LogP contribution in [-0.2, 0) is 4.74 Å². The minimum atomic E-state index is -0.265. The largest absolute Gasteiger partial charge is 0.505 e. The molecule has 19 heavy (non-hydrogen) atoms. The number of hydrogen-bond donors (Lipinski definition) is 1. The van der Waals surface area contributed by atoms with Crippen molar-refractivity contribution in [3.05, 3.63) is 27.7 Å². The van der Waals surface area contributed by atoms with Crippen molar-refractivity contribution in [2.75, 3.05) is 19.7 Å². The second kappa shape index (κ2) is 5.99. The maximum Gasteiger partial charge on any atom is 0.257 e. The molecule has 0 aliphatic carbocycles. The van der Waals surface area contributed by atoms with Crippen LogP contribution in [0.1, 0.15) is 23.7 Å². The Bertz CT molecular complexity index is 493. The van der Waals surface area contributed by atoms with Gasteiger partial charge in [-0.25, -0.2) is 0 Å². The van der Waals surface area contributed by atoms with Crippen molar-refractivity contribution < 1.29 is 14.6 Å². The molecule has 1 aliphatic heterocycles. The van der Waals surface area contributed by atoms with Crippen LogP contribution in [0.3, 0.4) is 0 Å². The lowest BCUT2D eigenvalue weighted by Crippen LogP contribution is -2.45. The van der Waals surface area contributed by atoms with Gasteiger partial charge >= 0.3 is 0 Å². The predicted molar refractivity (Wildman–Crippen MR) is 74.1 cm³/mol. The van der Waals surface area contributed by atoms with E-state index >= 15 is 0 Å². The van der Waals surface area contributed by atoms with Gasteiger partial charge in [0.15, 0.2) is 0 Å². The molecular formula is C13H15Cl2NO3. The minimum absolute atomic E-state index is 0.00724. The molecule has 1 heterocycles. The van der Waals surface area contributed by atoms with Gasteiger partial charge < -0.3 is 14.7 Å². The molecule has 1 aromatic rings. The van der Waals surface area contributed by atoms with E-state index in [-0.39, 0.29) is 33.4 Å². The Kier molecular flexibility index (Phi) is 4.55. The molecule has 0 aromatic heterocycles. The molecule has 1 N–H and O–H groups in total. The van der Waals surface area contributed by atoms with Crippen molar-refractivity contribution in [3.63, 3.8) is 0 Å². The van der Waals surface area contributed by atoms with E-state index in [1.165, 1.54) is 12.1 Å². The summed E-state index contributed by atoms with van der Waals surface area (Å²) in [5, 5.41) is 10.1. The lowest BCUT2D eigenvalue weighted by molar-refractivity contribution is -0.0227. The standard InChI is InChI=1S/C13H15Cl2NO3/c1-2-8-7-16(5-6-19-8)13(18)9-3-4-10(14)11(15)12(9)17/h3-4,8,17H,2,5-7H2,1H3/t8-/m0/s1. The molecule has 2 rings (SSSR count). The summed E-state index contributed by atoms with van der Waals surface area (Å²) in [6.45, 7) is 3.55. The second-order valence-corrected chi connectivity index (χ2v) is 5.19. The molecule has 1 saturated heterocycles. The SMILES string of the molecule is CC[C@H]1CN(C(=O)c2ccc(Cl)c(Cl)c2O)CCO1. The topological polar surface area (TPSA) is 49.8 Å². The number of carbonyl (C=O) groups is 1. The van der Waals surface area contributed by atoms with Gasteiger partial charge in [0.05, 0.1) is 23.3 Å². The smallest absolute Gasteiger partial charge is 0.257 e. The summed E-state index contributed by atoms with van der Waals surface area (Å²) in [5.74, 6) is -0.517. The third-order valence-corrected chi connectivity index (χ3v) is 3.98. The summed E-state index contributed by atoms with van der Waals surface area (Å²) in [7, 11) is 0. The fourth-order valence-electron chi connectivity index (χ4n) is 2.03. The van der Waals surface area contributed by atoms with Crippen molar-refractivity contribution in [3.8, 4) is 5.75 Å². The van der Waals surface area contributed by atoms with Crippen LogP contribution in [0.4, 0.5) is 0 Å². The lowest BCUT2D eigenvalue weighted by atomic mass is 10.1. The number of hydrogen-bond acceptors (Lipinski definition) is 3. The average molecular weight is 304 g/mol. The van der Waals surface area contributed by atoms with E-state index in [4.69, 9.17) is 27.9 Å². The zero-order valence-electron chi connectivity index (χ0n) is 10.5. The number of rotatable bonds is 2. The number of ether oxygens (including phenoxy) is 1. The van der Waals surface area contributed by atoms with E-state index in [1.54, 1.807) is 4.90 Å². The molecule has 1 aromatic carbocycles. The fraction of sp³-hybridized carbons (Fsp3) is 0.462. The van der Waals surface area contributed by atoms with Gasteiger partial charge in [-0.15, -0.1) is 0 Å². The van der Waals surface area contributed by atoms with E-state index in [1.807, 2.05) is 6.92 Å². The van der Waals surface area contributed by atoms with Gasteiger partial charge in [0, 0.05) is 13.1 Å². The Morgan fingerprint density at radius 3 is 2.95 bits per heavy atom. The van der Waals surface area contributed by atoms with E-state index in [9.17, 15) is 9.90 Å². The van der Waals surface area contributed by atoms with E-state index in [2.05, 4.69) is 0 Å². The molecule has 6 heteroatoms. The zero-order chi connectivity index (χ0) is 14.0. The Morgan fingerprint density at radius 1 is 1.53 bits per heavy atom. The average Bonchev–Trinajstić information content (AvgIpc) is 2.44. The van der Waals surface area contributed by atoms with Gasteiger partial charge in [-0.1, -0.05) is 30.1 Å². The first kappa shape index (κ1) is 14.4. The summed E-state index contributed by atoms with van der Waals surface area (Å²) >= 11 is 11.6. The Labute approximate surface area is 121 Å². The van der Waals surface area contributed by atoms with Crippen LogP contribution in [-0.4, -0.2) is 41.7 Å². The first-order chi connectivity index (χ1) is 9.04. The van der Waals surface area contributed by atoms with Gasteiger partial charge in [-0.05, 0) is 18.6 Å². The molecular weight excluding hydrogens is 289 g/mol.